The van der Waals surface area contributed by atoms with Gasteiger partial charge in [-0.1, -0.05) is 72.8 Å². The summed E-state index contributed by atoms with van der Waals surface area (Å²) < 4.78 is 8.00. The second kappa shape index (κ2) is 12.0. The molecule has 0 aliphatic heterocycles. The molecule has 0 spiro atoms. The molecule has 0 fully saturated rings. The fourth-order valence-corrected chi connectivity index (χ4v) is 3.42. The zero-order chi connectivity index (χ0) is 20.4. The number of hydrogen-bond donors (Lipinski definition) is 0. The van der Waals surface area contributed by atoms with Gasteiger partial charge in [0.05, 0.1) is 19.3 Å². The molecule has 3 nitrogen and oxygen atoms in total. The van der Waals surface area contributed by atoms with Crippen molar-refractivity contribution in [3.05, 3.63) is 115 Å². The fraction of sp³-hybridized carbons (Fsp3) is 0.185. The highest BCUT2D eigenvalue weighted by atomic mass is 79.9. The van der Waals surface area contributed by atoms with Crippen LogP contribution in [0.3, 0.4) is 0 Å². The zero-order valence-corrected chi connectivity index (χ0v) is 19.1. The summed E-state index contributed by atoms with van der Waals surface area (Å²) in [4.78, 5) is 4.56. The molecule has 3 aromatic carbocycles. The van der Waals surface area contributed by atoms with Gasteiger partial charge in [0.15, 0.2) is 5.69 Å². The minimum atomic E-state index is 0. The number of rotatable bonds is 9. The van der Waals surface area contributed by atoms with Crippen molar-refractivity contribution in [2.24, 2.45) is 0 Å². The summed E-state index contributed by atoms with van der Waals surface area (Å²) >= 11 is 0. The van der Waals surface area contributed by atoms with Gasteiger partial charge < -0.3 is 21.7 Å². The van der Waals surface area contributed by atoms with Crippen LogP contribution >= 0.6 is 0 Å². The van der Waals surface area contributed by atoms with Crippen LogP contribution < -0.4 is 26.3 Å². The Kier molecular flexibility index (Phi) is 8.80. The van der Waals surface area contributed by atoms with Crippen LogP contribution in [0.15, 0.2) is 104 Å². The third-order valence-electron chi connectivity index (χ3n) is 5.14. The van der Waals surface area contributed by atoms with E-state index >= 15 is 0 Å². The summed E-state index contributed by atoms with van der Waals surface area (Å²) in [5.74, 6) is 0.931. The van der Waals surface area contributed by atoms with Crippen LogP contribution in [-0.2, 0) is 19.4 Å². The molecule has 4 heteroatoms. The van der Waals surface area contributed by atoms with Gasteiger partial charge in [0, 0.05) is 18.1 Å². The summed E-state index contributed by atoms with van der Waals surface area (Å²) in [6.45, 7) is 1.58. The van der Waals surface area contributed by atoms with Crippen molar-refractivity contribution in [3.63, 3.8) is 0 Å². The third kappa shape index (κ3) is 7.04. The average molecular weight is 475 g/mol. The van der Waals surface area contributed by atoms with E-state index in [0.29, 0.717) is 6.61 Å². The lowest BCUT2D eigenvalue weighted by molar-refractivity contribution is -0.700. The third-order valence-corrected chi connectivity index (χ3v) is 5.14. The van der Waals surface area contributed by atoms with Gasteiger partial charge in [0.1, 0.15) is 5.75 Å². The Labute approximate surface area is 195 Å². The number of aryl methyl sites for hydroxylation is 3. The van der Waals surface area contributed by atoms with Crippen LogP contribution in [-0.4, -0.2) is 11.6 Å². The molecule has 4 rings (SSSR count). The maximum Gasteiger partial charge on any atom is 0.286 e. The summed E-state index contributed by atoms with van der Waals surface area (Å²) in [6.07, 6.45) is 7.02. The Morgan fingerprint density at radius 2 is 1.35 bits per heavy atom. The molecule has 0 radical (unpaired) electrons. The summed E-state index contributed by atoms with van der Waals surface area (Å²) in [5.41, 5.74) is 4.85. The molecule has 0 atom stereocenters. The highest BCUT2D eigenvalue weighted by Gasteiger charge is 2.06. The average Bonchev–Trinajstić information content (AvgIpc) is 2.83. The normalized spacial score (nSPS) is 10.3. The van der Waals surface area contributed by atoms with Crippen molar-refractivity contribution < 1.29 is 26.3 Å². The monoisotopic (exact) mass is 474 g/mol. The van der Waals surface area contributed by atoms with Crippen molar-refractivity contribution in [3.8, 4) is 17.0 Å². The molecule has 0 aliphatic carbocycles. The van der Waals surface area contributed by atoms with E-state index in [9.17, 15) is 0 Å². The predicted molar refractivity (Wildman–Crippen MR) is 120 cm³/mol. The molecule has 0 bridgehead atoms. The molecule has 1 aromatic heterocycles. The number of hydrogen-bond acceptors (Lipinski definition) is 2. The second-order valence-corrected chi connectivity index (χ2v) is 7.38. The van der Waals surface area contributed by atoms with E-state index in [2.05, 4.69) is 88.5 Å². The maximum atomic E-state index is 5.90. The molecule has 31 heavy (non-hydrogen) atoms. The van der Waals surface area contributed by atoms with Crippen LogP contribution in [0.4, 0.5) is 0 Å². The zero-order valence-electron chi connectivity index (χ0n) is 17.5. The number of ether oxygens (including phenoxy) is 1. The number of halogens is 1. The largest absolute Gasteiger partial charge is 1.00 e. The fourth-order valence-electron chi connectivity index (χ4n) is 3.42. The Balaban J connectivity index is 0.00000272. The second-order valence-electron chi connectivity index (χ2n) is 7.38. The van der Waals surface area contributed by atoms with E-state index in [4.69, 9.17) is 4.74 Å². The lowest BCUT2D eigenvalue weighted by Gasteiger charge is -2.07. The van der Waals surface area contributed by atoms with Gasteiger partial charge in [-0.15, -0.1) is 0 Å². The molecule has 0 saturated carbocycles. The Morgan fingerprint density at radius 3 is 2.00 bits per heavy atom. The summed E-state index contributed by atoms with van der Waals surface area (Å²) in [7, 11) is 0. The molecule has 0 aliphatic rings. The van der Waals surface area contributed by atoms with Crippen LogP contribution in [0.5, 0.6) is 5.75 Å². The Bertz CT molecular complexity index is 1020. The van der Waals surface area contributed by atoms with E-state index < -0.39 is 0 Å². The predicted octanol–water partition coefficient (Wildman–Crippen LogP) is 2.29. The van der Waals surface area contributed by atoms with Gasteiger partial charge >= 0.3 is 0 Å². The lowest BCUT2D eigenvalue weighted by atomic mass is 10.0. The molecular weight excluding hydrogens is 448 g/mol. The standard InChI is InChI=1S/C27H27N2O.BrH/c1-3-8-23(9-4-1)12-13-24-14-16-26(17-15-24)30-21-7-19-29-20-18-27(28-22-29)25-10-5-2-6-11-25;/h1-6,8-11,14-18,20,22H,7,12-13,19,21H2;1H/q+1;/p-1. The highest BCUT2D eigenvalue weighted by Crippen LogP contribution is 2.15. The minimum absolute atomic E-state index is 0. The Hall–Kier alpha value is -2.98. The van der Waals surface area contributed by atoms with Crippen LogP contribution in [0.2, 0.25) is 0 Å². The first-order chi connectivity index (χ1) is 14.9. The van der Waals surface area contributed by atoms with Gasteiger partial charge in [-0.05, 0) is 41.1 Å². The molecule has 4 aromatic rings. The van der Waals surface area contributed by atoms with E-state index in [1.807, 2.05) is 24.5 Å². The van der Waals surface area contributed by atoms with Crippen molar-refractivity contribution in [2.75, 3.05) is 6.61 Å². The van der Waals surface area contributed by atoms with Crippen molar-refractivity contribution in [2.45, 2.75) is 25.8 Å². The first kappa shape index (κ1) is 22.7. The van der Waals surface area contributed by atoms with Crippen molar-refractivity contribution in [1.82, 2.24) is 4.98 Å². The molecule has 0 amide bonds. The molecule has 0 N–H and O–H groups in total. The van der Waals surface area contributed by atoms with E-state index in [0.717, 1.165) is 42.8 Å². The van der Waals surface area contributed by atoms with Gasteiger partial charge in [0.25, 0.3) is 6.33 Å². The lowest BCUT2D eigenvalue weighted by Crippen LogP contribution is -3.00. The van der Waals surface area contributed by atoms with Crippen LogP contribution in [0, 0.1) is 0 Å². The highest BCUT2D eigenvalue weighted by molar-refractivity contribution is 5.57. The molecule has 0 unspecified atom stereocenters. The first-order valence-corrected chi connectivity index (χ1v) is 10.5. The van der Waals surface area contributed by atoms with Gasteiger partial charge in [-0.3, -0.25) is 0 Å². The van der Waals surface area contributed by atoms with Gasteiger partial charge in [-0.2, -0.15) is 0 Å². The number of benzene rings is 3. The van der Waals surface area contributed by atoms with Crippen LogP contribution in [0.25, 0.3) is 11.3 Å². The quantitative estimate of drug-likeness (QED) is 0.274. The summed E-state index contributed by atoms with van der Waals surface area (Å²) in [5, 5.41) is 0. The molecule has 158 valence electrons. The topological polar surface area (TPSA) is 26.0 Å². The van der Waals surface area contributed by atoms with Crippen molar-refractivity contribution in [1.29, 1.82) is 0 Å². The summed E-state index contributed by atoms with van der Waals surface area (Å²) in [6, 6.07) is 31.4. The van der Waals surface area contributed by atoms with Crippen molar-refractivity contribution >= 4 is 0 Å². The van der Waals surface area contributed by atoms with Crippen LogP contribution in [0.1, 0.15) is 17.5 Å². The molecular formula is C27H27BrN2O. The van der Waals surface area contributed by atoms with Gasteiger partial charge in [-0.25, -0.2) is 4.57 Å². The smallest absolute Gasteiger partial charge is 0.286 e. The molecule has 1 heterocycles. The first-order valence-electron chi connectivity index (χ1n) is 10.5. The minimum Gasteiger partial charge on any atom is -1.00 e. The van der Waals surface area contributed by atoms with E-state index in [-0.39, 0.29) is 17.0 Å². The number of nitrogens with zero attached hydrogens (tertiary/aromatic N) is 2. The SMILES string of the molecule is [Br-].c1ccc(CCc2ccc(OCCC[n+]3ccc(-c4ccccc4)nc3)cc2)cc1. The Morgan fingerprint density at radius 1 is 0.710 bits per heavy atom. The van der Waals surface area contributed by atoms with E-state index in [1.54, 1.807) is 0 Å². The van der Waals surface area contributed by atoms with E-state index in [1.165, 1.54) is 11.1 Å². The maximum absolute atomic E-state index is 5.90. The number of aromatic nitrogens is 2. The van der Waals surface area contributed by atoms with Gasteiger partial charge in [0.2, 0.25) is 0 Å². The molecule has 0 saturated heterocycles.